The molecule has 9 heavy (non-hydrogen) atoms. The van der Waals surface area contributed by atoms with Crippen LogP contribution >= 0.6 is 0 Å². The predicted octanol–water partition coefficient (Wildman–Crippen LogP) is 2.46. The summed E-state index contributed by atoms with van der Waals surface area (Å²) >= 11 is 0. The third-order valence-electron chi connectivity index (χ3n) is 1.22. The molecule has 0 radical (unpaired) electrons. The Morgan fingerprint density at radius 2 is 1.00 bits per heavy atom. The summed E-state index contributed by atoms with van der Waals surface area (Å²) in [4.78, 5) is 0. The minimum absolute atomic E-state index is 0. The van der Waals surface area contributed by atoms with E-state index in [1.54, 1.807) is 0 Å². The Hall–Kier alpha value is -0.850. The van der Waals surface area contributed by atoms with Crippen LogP contribution in [0.3, 0.4) is 0 Å². The maximum Gasteiger partial charge on any atom is -0.0398 e. The van der Waals surface area contributed by atoms with Gasteiger partial charge in [-0.3, -0.25) is 4.70 Å². The summed E-state index contributed by atoms with van der Waals surface area (Å²) in [5, 5.41) is 0. The molecule has 1 heteroatoms. The van der Waals surface area contributed by atoms with Crippen LogP contribution in [0.25, 0.3) is 0 Å². The normalized spacial score (nSPS) is 8.22. The number of benzene rings is 1. The van der Waals surface area contributed by atoms with Crippen molar-refractivity contribution < 1.29 is 4.70 Å². The fraction of sp³-hybridized carbons (Fsp3) is 0.250. The van der Waals surface area contributed by atoms with Crippen LogP contribution in [0.15, 0.2) is 24.3 Å². The molecule has 0 saturated carbocycles. The Morgan fingerprint density at radius 1 is 0.778 bits per heavy atom. The first-order chi connectivity index (χ1) is 3.79. The van der Waals surface area contributed by atoms with Crippen LogP contribution in [0.2, 0.25) is 0 Å². The minimum atomic E-state index is 0. The Balaban J connectivity index is 0.000000640. The second-order valence-electron chi connectivity index (χ2n) is 2.15. The molecule has 0 aliphatic heterocycles. The molecule has 50 valence electrons. The molecule has 0 aromatic heterocycles. The quantitative estimate of drug-likeness (QED) is 0.501. The van der Waals surface area contributed by atoms with Gasteiger partial charge in [0.25, 0.3) is 0 Å². The molecule has 0 spiro atoms. The molecule has 1 aromatic carbocycles. The summed E-state index contributed by atoms with van der Waals surface area (Å²) in [6.07, 6.45) is 0. The zero-order valence-electron chi connectivity index (χ0n) is 5.72. The third kappa shape index (κ3) is 2.27. The topological polar surface area (TPSA) is 0 Å². The number of hydrogen-bond acceptors (Lipinski definition) is 0. The second-order valence-corrected chi connectivity index (χ2v) is 2.15. The van der Waals surface area contributed by atoms with E-state index in [2.05, 4.69) is 38.1 Å². The minimum Gasteiger partial charge on any atom is -0.269 e. The zero-order valence-corrected chi connectivity index (χ0v) is 5.72. The maximum atomic E-state index is 2.12. The van der Waals surface area contributed by atoms with Crippen LogP contribution in [0.4, 0.5) is 4.70 Å². The molecule has 0 nitrogen and oxygen atoms in total. The lowest BCUT2D eigenvalue weighted by molar-refractivity contribution is 1.11. The average Bonchev–Trinajstić information content (AvgIpc) is 1.77. The Morgan fingerprint density at radius 3 is 1.22 bits per heavy atom. The van der Waals surface area contributed by atoms with Gasteiger partial charge in [0.1, 0.15) is 0 Å². The van der Waals surface area contributed by atoms with Crippen molar-refractivity contribution in [2.45, 2.75) is 13.8 Å². The number of hydrogen-bond donors (Lipinski definition) is 0. The van der Waals surface area contributed by atoms with Gasteiger partial charge >= 0.3 is 0 Å². The van der Waals surface area contributed by atoms with Crippen molar-refractivity contribution in [2.24, 2.45) is 0 Å². The lowest BCUT2D eigenvalue weighted by Crippen LogP contribution is -1.70. The molecular formula is C8H11F. The summed E-state index contributed by atoms with van der Waals surface area (Å²) in [7, 11) is 0. The van der Waals surface area contributed by atoms with Crippen LogP contribution in [0.1, 0.15) is 11.1 Å². The monoisotopic (exact) mass is 126 g/mol. The van der Waals surface area contributed by atoms with Crippen molar-refractivity contribution in [3.8, 4) is 0 Å². The molecule has 0 unspecified atom stereocenters. The number of halogens is 1. The molecule has 1 rings (SSSR count). The van der Waals surface area contributed by atoms with E-state index in [1.807, 2.05) is 0 Å². The lowest BCUT2D eigenvalue weighted by atomic mass is 10.2. The van der Waals surface area contributed by atoms with Gasteiger partial charge in [-0.15, -0.1) is 0 Å². The summed E-state index contributed by atoms with van der Waals surface area (Å²) in [6.45, 7) is 4.19. The predicted molar refractivity (Wildman–Crippen MR) is 38.4 cm³/mol. The fourth-order valence-corrected chi connectivity index (χ4v) is 0.637. The van der Waals surface area contributed by atoms with Crippen molar-refractivity contribution in [1.29, 1.82) is 0 Å². The van der Waals surface area contributed by atoms with Crippen molar-refractivity contribution in [3.05, 3.63) is 35.4 Å². The van der Waals surface area contributed by atoms with E-state index in [4.69, 9.17) is 0 Å². The molecule has 0 atom stereocenters. The molecule has 0 aliphatic carbocycles. The highest BCUT2D eigenvalue weighted by molar-refractivity contribution is 5.19. The van der Waals surface area contributed by atoms with Gasteiger partial charge in [0, 0.05) is 0 Å². The Kier molecular flexibility index (Phi) is 2.93. The molecule has 0 N–H and O–H groups in total. The lowest BCUT2D eigenvalue weighted by Gasteiger charge is -1.90. The van der Waals surface area contributed by atoms with Gasteiger partial charge in [0.2, 0.25) is 0 Å². The van der Waals surface area contributed by atoms with Crippen LogP contribution in [0.5, 0.6) is 0 Å². The zero-order chi connectivity index (χ0) is 5.98. The summed E-state index contributed by atoms with van der Waals surface area (Å²) in [6, 6.07) is 8.48. The first kappa shape index (κ1) is 8.15. The molecule has 1 aromatic rings. The molecular weight excluding hydrogens is 115 g/mol. The SMILES string of the molecule is Cc1ccc(C)cc1.F. The van der Waals surface area contributed by atoms with E-state index in [1.165, 1.54) is 11.1 Å². The van der Waals surface area contributed by atoms with Crippen LogP contribution in [-0.4, -0.2) is 0 Å². The largest absolute Gasteiger partial charge is 0.269 e. The van der Waals surface area contributed by atoms with Crippen molar-refractivity contribution >= 4 is 0 Å². The standard InChI is InChI=1S/C8H10.FH/c1-7-3-5-8(2)6-4-7;/h3-6H,1-2H3;1H. The third-order valence-corrected chi connectivity index (χ3v) is 1.22. The van der Waals surface area contributed by atoms with Crippen LogP contribution in [-0.2, 0) is 0 Å². The van der Waals surface area contributed by atoms with Gasteiger partial charge in [-0.1, -0.05) is 35.4 Å². The Bertz CT molecular complexity index is 143. The summed E-state index contributed by atoms with van der Waals surface area (Å²) in [5.41, 5.74) is 2.66. The molecule has 0 bridgehead atoms. The Labute approximate surface area is 54.9 Å². The molecule has 0 fully saturated rings. The molecule has 0 aliphatic rings. The highest BCUT2D eigenvalue weighted by atomic mass is 19.0. The first-order valence-electron chi connectivity index (χ1n) is 2.82. The molecule has 0 saturated heterocycles. The summed E-state index contributed by atoms with van der Waals surface area (Å²) < 4.78 is 0. The van der Waals surface area contributed by atoms with E-state index >= 15 is 0 Å². The first-order valence-corrected chi connectivity index (χ1v) is 2.82. The van der Waals surface area contributed by atoms with Gasteiger partial charge in [-0.2, -0.15) is 0 Å². The second kappa shape index (κ2) is 3.23. The van der Waals surface area contributed by atoms with Gasteiger partial charge in [-0.25, -0.2) is 0 Å². The van der Waals surface area contributed by atoms with E-state index in [0.717, 1.165) is 0 Å². The van der Waals surface area contributed by atoms with E-state index in [-0.39, 0.29) is 4.70 Å². The van der Waals surface area contributed by atoms with Crippen LogP contribution in [0, 0.1) is 13.8 Å². The highest BCUT2D eigenvalue weighted by Crippen LogP contribution is 1.99. The summed E-state index contributed by atoms with van der Waals surface area (Å²) in [5.74, 6) is 0. The van der Waals surface area contributed by atoms with Gasteiger partial charge in [0.05, 0.1) is 0 Å². The van der Waals surface area contributed by atoms with E-state index in [9.17, 15) is 0 Å². The van der Waals surface area contributed by atoms with Crippen LogP contribution < -0.4 is 0 Å². The van der Waals surface area contributed by atoms with Crippen molar-refractivity contribution in [3.63, 3.8) is 0 Å². The van der Waals surface area contributed by atoms with Crippen molar-refractivity contribution in [1.82, 2.24) is 0 Å². The highest BCUT2D eigenvalue weighted by Gasteiger charge is 1.79. The van der Waals surface area contributed by atoms with E-state index in [0.29, 0.717) is 0 Å². The molecule has 0 heterocycles. The smallest absolute Gasteiger partial charge is 0.0398 e. The van der Waals surface area contributed by atoms with Gasteiger partial charge in [-0.05, 0) is 13.8 Å². The van der Waals surface area contributed by atoms with Gasteiger partial charge < -0.3 is 0 Å². The van der Waals surface area contributed by atoms with Gasteiger partial charge in [0.15, 0.2) is 0 Å². The number of rotatable bonds is 0. The average molecular weight is 126 g/mol. The molecule has 0 amide bonds. The fourth-order valence-electron chi connectivity index (χ4n) is 0.637. The van der Waals surface area contributed by atoms with E-state index < -0.39 is 0 Å². The number of aryl methyl sites for hydroxylation is 2. The van der Waals surface area contributed by atoms with Crippen molar-refractivity contribution in [2.75, 3.05) is 0 Å². The maximum absolute atomic E-state index is 2.12.